The van der Waals surface area contributed by atoms with Crippen molar-refractivity contribution >= 4 is 0 Å². The van der Waals surface area contributed by atoms with Crippen LogP contribution in [0.5, 0.6) is 5.75 Å². The van der Waals surface area contributed by atoms with Crippen LogP contribution in [-0.4, -0.2) is 60.8 Å². The number of hydrogen-bond acceptors (Lipinski definition) is 4. The average molecular weight is 304 g/mol. The van der Waals surface area contributed by atoms with Crippen LogP contribution in [0.1, 0.15) is 24.8 Å². The van der Waals surface area contributed by atoms with Crippen LogP contribution in [0, 0.1) is 5.92 Å². The Bertz CT molecular complexity index is 476. The van der Waals surface area contributed by atoms with Crippen LogP contribution in [0.3, 0.4) is 0 Å². The lowest BCUT2D eigenvalue weighted by atomic mass is 10.1. The molecule has 1 saturated heterocycles. The van der Waals surface area contributed by atoms with Gasteiger partial charge in [0.05, 0.1) is 7.11 Å². The van der Waals surface area contributed by atoms with Crippen molar-refractivity contribution in [3.8, 4) is 5.75 Å². The van der Waals surface area contributed by atoms with E-state index in [9.17, 15) is 5.11 Å². The number of aliphatic hydroxyl groups excluding tert-OH is 1. The van der Waals surface area contributed by atoms with Crippen LogP contribution in [0.4, 0.5) is 0 Å². The van der Waals surface area contributed by atoms with Crippen LogP contribution in [0.15, 0.2) is 24.3 Å². The largest absolute Gasteiger partial charge is 0.497 e. The van der Waals surface area contributed by atoms with Gasteiger partial charge in [0.1, 0.15) is 5.75 Å². The van der Waals surface area contributed by atoms with E-state index in [0.29, 0.717) is 6.04 Å². The summed E-state index contributed by atoms with van der Waals surface area (Å²) >= 11 is 0. The van der Waals surface area contributed by atoms with Crippen LogP contribution in [0.25, 0.3) is 0 Å². The molecule has 1 heterocycles. The monoisotopic (exact) mass is 304 g/mol. The summed E-state index contributed by atoms with van der Waals surface area (Å²) in [5.41, 5.74) is 1.29. The molecule has 0 radical (unpaired) electrons. The first-order valence-corrected chi connectivity index (χ1v) is 8.48. The quantitative estimate of drug-likeness (QED) is 0.835. The lowest BCUT2D eigenvalue weighted by Gasteiger charge is -2.41. The minimum Gasteiger partial charge on any atom is -0.497 e. The standard InChI is InChI=1S/C18H28N2O2/c1-22-18-4-2-3-16(11-18)13-20-9-8-19(12-15-5-6-15)14-17(20)7-10-21/h2-4,11,15,17,21H,5-10,12-14H2,1H3/t17-/m1/s1. The van der Waals surface area contributed by atoms with Gasteiger partial charge in [0, 0.05) is 45.4 Å². The molecule has 0 bridgehead atoms. The molecule has 2 fully saturated rings. The van der Waals surface area contributed by atoms with E-state index < -0.39 is 0 Å². The fourth-order valence-corrected chi connectivity index (χ4v) is 3.43. The summed E-state index contributed by atoms with van der Waals surface area (Å²) in [5.74, 6) is 1.86. The molecule has 0 unspecified atom stereocenters. The second-order valence-corrected chi connectivity index (χ2v) is 6.69. The first-order chi connectivity index (χ1) is 10.8. The van der Waals surface area contributed by atoms with Crippen LogP contribution in [0.2, 0.25) is 0 Å². The highest BCUT2D eigenvalue weighted by atomic mass is 16.5. The Kier molecular flexibility index (Phi) is 5.34. The van der Waals surface area contributed by atoms with Gasteiger partial charge in [0.2, 0.25) is 0 Å². The van der Waals surface area contributed by atoms with Gasteiger partial charge in [0.15, 0.2) is 0 Å². The molecule has 3 rings (SSSR count). The molecule has 1 saturated carbocycles. The smallest absolute Gasteiger partial charge is 0.119 e. The third-order valence-corrected chi connectivity index (χ3v) is 4.88. The molecular weight excluding hydrogens is 276 g/mol. The molecule has 22 heavy (non-hydrogen) atoms. The molecule has 2 aliphatic rings. The van der Waals surface area contributed by atoms with Crippen molar-refractivity contribution in [3.63, 3.8) is 0 Å². The zero-order valence-electron chi connectivity index (χ0n) is 13.6. The Morgan fingerprint density at radius 1 is 1.27 bits per heavy atom. The second kappa shape index (κ2) is 7.44. The second-order valence-electron chi connectivity index (χ2n) is 6.69. The fraction of sp³-hybridized carbons (Fsp3) is 0.667. The lowest BCUT2D eigenvalue weighted by molar-refractivity contribution is 0.0515. The Hall–Kier alpha value is -1.10. The van der Waals surface area contributed by atoms with Gasteiger partial charge < -0.3 is 14.7 Å². The summed E-state index contributed by atoms with van der Waals surface area (Å²) < 4.78 is 5.32. The summed E-state index contributed by atoms with van der Waals surface area (Å²) in [6, 6.07) is 8.78. The van der Waals surface area contributed by atoms with Crippen molar-refractivity contribution in [2.45, 2.75) is 31.8 Å². The van der Waals surface area contributed by atoms with E-state index in [4.69, 9.17) is 4.74 Å². The third-order valence-electron chi connectivity index (χ3n) is 4.88. The number of benzene rings is 1. The van der Waals surface area contributed by atoms with Gasteiger partial charge in [0.25, 0.3) is 0 Å². The Morgan fingerprint density at radius 3 is 2.86 bits per heavy atom. The van der Waals surface area contributed by atoms with E-state index in [1.165, 1.54) is 24.9 Å². The molecule has 1 aromatic carbocycles. The van der Waals surface area contributed by atoms with Crippen molar-refractivity contribution in [2.75, 3.05) is 39.9 Å². The molecule has 0 amide bonds. The summed E-state index contributed by atoms with van der Waals surface area (Å²) in [6.07, 6.45) is 3.69. The summed E-state index contributed by atoms with van der Waals surface area (Å²) in [4.78, 5) is 5.12. The Morgan fingerprint density at radius 2 is 2.14 bits per heavy atom. The van der Waals surface area contributed by atoms with Crippen LogP contribution >= 0.6 is 0 Å². The highest BCUT2D eigenvalue weighted by Crippen LogP contribution is 2.30. The highest BCUT2D eigenvalue weighted by Gasteiger charge is 2.30. The maximum atomic E-state index is 9.40. The average Bonchev–Trinajstić information content (AvgIpc) is 3.34. The van der Waals surface area contributed by atoms with Gasteiger partial charge in [-0.25, -0.2) is 0 Å². The van der Waals surface area contributed by atoms with E-state index in [1.54, 1.807) is 7.11 Å². The van der Waals surface area contributed by atoms with Gasteiger partial charge in [-0.2, -0.15) is 0 Å². The molecule has 122 valence electrons. The van der Waals surface area contributed by atoms with Crippen molar-refractivity contribution in [3.05, 3.63) is 29.8 Å². The number of hydrogen-bond donors (Lipinski definition) is 1. The number of aliphatic hydroxyl groups is 1. The van der Waals surface area contributed by atoms with E-state index >= 15 is 0 Å². The molecule has 0 spiro atoms. The fourth-order valence-electron chi connectivity index (χ4n) is 3.43. The lowest BCUT2D eigenvalue weighted by Crippen LogP contribution is -2.53. The van der Waals surface area contributed by atoms with Crippen LogP contribution in [-0.2, 0) is 6.54 Å². The Balaban J connectivity index is 1.60. The number of rotatable bonds is 7. The molecule has 0 aromatic heterocycles. The molecule has 1 aliphatic heterocycles. The predicted molar refractivity (Wildman–Crippen MR) is 88.1 cm³/mol. The topological polar surface area (TPSA) is 35.9 Å². The summed E-state index contributed by atoms with van der Waals surface area (Å²) in [6.45, 7) is 5.82. The molecule has 4 nitrogen and oxygen atoms in total. The van der Waals surface area contributed by atoms with Gasteiger partial charge in [-0.3, -0.25) is 4.90 Å². The van der Waals surface area contributed by atoms with Gasteiger partial charge in [-0.05, 0) is 42.9 Å². The maximum absolute atomic E-state index is 9.40. The minimum atomic E-state index is 0.274. The number of methoxy groups -OCH3 is 1. The molecule has 1 aromatic rings. The molecule has 1 aliphatic carbocycles. The molecular formula is C18H28N2O2. The van der Waals surface area contributed by atoms with Crippen molar-refractivity contribution in [2.24, 2.45) is 5.92 Å². The van der Waals surface area contributed by atoms with Crippen molar-refractivity contribution in [1.29, 1.82) is 0 Å². The van der Waals surface area contributed by atoms with E-state index in [1.807, 2.05) is 6.07 Å². The number of piperazine rings is 1. The van der Waals surface area contributed by atoms with Gasteiger partial charge in [-0.1, -0.05) is 12.1 Å². The minimum absolute atomic E-state index is 0.274. The molecule has 4 heteroatoms. The van der Waals surface area contributed by atoms with E-state index in [-0.39, 0.29) is 6.61 Å². The highest BCUT2D eigenvalue weighted by molar-refractivity contribution is 5.28. The van der Waals surface area contributed by atoms with E-state index in [0.717, 1.165) is 44.3 Å². The van der Waals surface area contributed by atoms with Crippen molar-refractivity contribution < 1.29 is 9.84 Å². The van der Waals surface area contributed by atoms with Gasteiger partial charge >= 0.3 is 0 Å². The van der Waals surface area contributed by atoms with Gasteiger partial charge in [-0.15, -0.1) is 0 Å². The zero-order valence-corrected chi connectivity index (χ0v) is 13.6. The van der Waals surface area contributed by atoms with Crippen molar-refractivity contribution in [1.82, 2.24) is 9.80 Å². The Labute approximate surface area is 133 Å². The predicted octanol–water partition coefficient (Wildman–Crippen LogP) is 1.97. The third kappa shape index (κ3) is 4.22. The molecule has 1 atom stereocenters. The normalized spacial score (nSPS) is 23.6. The number of nitrogens with zero attached hydrogens (tertiary/aromatic N) is 2. The zero-order chi connectivity index (χ0) is 15.4. The van der Waals surface area contributed by atoms with Crippen LogP contribution < -0.4 is 4.74 Å². The SMILES string of the molecule is COc1cccc(CN2CCN(CC3CC3)C[C@H]2CCO)c1. The maximum Gasteiger partial charge on any atom is 0.119 e. The summed E-state index contributed by atoms with van der Waals surface area (Å²) in [5, 5.41) is 9.40. The van der Waals surface area contributed by atoms with E-state index in [2.05, 4.69) is 28.0 Å². The molecule has 1 N–H and O–H groups in total. The first-order valence-electron chi connectivity index (χ1n) is 8.48. The number of ether oxygens (including phenoxy) is 1. The first kappa shape index (κ1) is 15.8. The summed E-state index contributed by atoms with van der Waals surface area (Å²) in [7, 11) is 1.71.